The Balaban J connectivity index is 1.60. The number of nitrogens with zero attached hydrogens (tertiary/aromatic N) is 2. The second-order valence-corrected chi connectivity index (χ2v) is 6.44. The molecule has 3 heterocycles. The van der Waals surface area contributed by atoms with Gasteiger partial charge in [-0.3, -0.25) is 0 Å². The van der Waals surface area contributed by atoms with Crippen LogP contribution in [0.1, 0.15) is 17.9 Å². The Hall–Kier alpha value is -3.07. The molecule has 0 aliphatic carbocycles. The van der Waals surface area contributed by atoms with E-state index in [9.17, 15) is 18.3 Å². The maximum atomic E-state index is 13.5. The SMILES string of the molecule is Cc1ccc([C@@](O)(CCNc2ncnc3c2oc2ccccc23)C(F)(F)F)o1. The molecule has 6 nitrogen and oxygen atoms in total. The Morgan fingerprint density at radius 3 is 2.57 bits per heavy atom. The second-order valence-electron chi connectivity index (χ2n) is 6.44. The molecule has 0 spiro atoms. The van der Waals surface area contributed by atoms with Gasteiger partial charge in [-0.2, -0.15) is 13.2 Å². The van der Waals surface area contributed by atoms with Gasteiger partial charge < -0.3 is 19.3 Å². The molecule has 0 saturated carbocycles. The lowest BCUT2D eigenvalue weighted by Gasteiger charge is -2.28. The number of rotatable bonds is 5. The predicted octanol–water partition coefficient (Wildman–Crippen LogP) is 4.53. The maximum absolute atomic E-state index is 13.5. The lowest BCUT2D eigenvalue weighted by atomic mass is 9.95. The first kappa shape index (κ1) is 18.3. The fourth-order valence-electron chi connectivity index (χ4n) is 3.07. The molecule has 0 unspecified atom stereocenters. The minimum absolute atomic E-state index is 0.223. The summed E-state index contributed by atoms with van der Waals surface area (Å²) in [5.41, 5.74) is -1.62. The third-order valence-corrected chi connectivity index (χ3v) is 4.55. The minimum atomic E-state index is -4.90. The van der Waals surface area contributed by atoms with Crippen LogP contribution < -0.4 is 5.32 Å². The minimum Gasteiger partial charge on any atom is -0.463 e. The van der Waals surface area contributed by atoms with Crippen LogP contribution in [0.3, 0.4) is 0 Å². The summed E-state index contributed by atoms with van der Waals surface area (Å²) in [6.07, 6.45) is -4.27. The molecule has 0 bridgehead atoms. The summed E-state index contributed by atoms with van der Waals surface area (Å²) in [4.78, 5) is 8.25. The molecule has 9 heteroatoms. The molecule has 0 fully saturated rings. The number of aryl methyl sites for hydroxylation is 1. The number of anilines is 1. The first-order valence-electron chi connectivity index (χ1n) is 8.52. The number of halogens is 3. The molecule has 0 radical (unpaired) electrons. The van der Waals surface area contributed by atoms with Crippen molar-refractivity contribution in [1.82, 2.24) is 9.97 Å². The van der Waals surface area contributed by atoms with Crippen molar-refractivity contribution in [3.63, 3.8) is 0 Å². The Kier molecular flexibility index (Phi) is 4.26. The van der Waals surface area contributed by atoms with E-state index >= 15 is 0 Å². The number of furan rings is 2. The van der Waals surface area contributed by atoms with Crippen molar-refractivity contribution in [3.8, 4) is 0 Å². The lowest BCUT2D eigenvalue weighted by Crippen LogP contribution is -2.43. The largest absolute Gasteiger partial charge is 0.463 e. The van der Waals surface area contributed by atoms with Gasteiger partial charge in [0.2, 0.25) is 5.60 Å². The summed E-state index contributed by atoms with van der Waals surface area (Å²) in [5.74, 6) is -0.0114. The third-order valence-electron chi connectivity index (χ3n) is 4.55. The van der Waals surface area contributed by atoms with Gasteiger partial charge in [0.05, 0.1) is 0 Å². The highest BCUT2D eigenvalue weighted by Crippen LogP contribution is 2.42. The van der Waals surface area contributed by atoms with Gasteiger partial charge in [-0.25, -0.2) is 9.97 Å². The van der Waals surface area contributed by atoms with Crippen molar-refractivity contribution in [2.45, 2.75) is 25.1 Å². The van der Waals surface area contributed by atoms with Crippen LogP contribution in [0.2, 0.25) is 0 Å². The highest BCUT2D eigenvalue weighted by molar-refractivity contribution is 6.05. The average molecular weight is 391 g/mol. The van der Waals surface area contributed by atoms with E-state index in [1.807, 2.05) is 12.1 Å². The standard InChI is InChI=1S/C19H16F3N3O3/c1-11-6-7-14(27-11)18(26,19(20,21)22)8-9-23-17-16-15(24-10-25-17)12-4-2-3-5-13(12)28-16/h2-7,10,26H,8-9H2,1H3,(H,23,24,25)/t18-/m0/s1. The number of aromatic nitrogens is 2. The fourth-order valence-corrected chi connectivity index (χ4v) is 3.07. The number of hydrogen-bond acceptors (Lipinski definition) is 6. The summed E-state index contributed by atoms with van der Waals surface area (Å²) in [6.45, 7) is 1.29. The van der Waals surface area contributed by atoms with E-state index in [2.05, 4.69) is 15.3 Å². The number of fused-ring (bicyclic) bond motifs is 3. The first-order valence-corrected chi connectivity index (χ1v) is 8.52. The zero-order valence-electron chi connectivity index (χ0n) is 14.7. The number of benzene rings is 1. The molecule has 1 aromatic carbocycles. The molecular weight excluding hydrogens is 375 g/mol. The van der Waals surface area contributed by atoms with Gasteiger partial charge in [-0.05, 0) is 31.2 Å². The van der Waals surface area contributed by atoms with Gasteiger partial charge in [0.15, 0.2) is 11.4 Å². The zero-order chi connectivity index (χ0) is 19.9. The van der Waals surface area contributed by atoms with Crippen LogP contribution in [0.25, 0.3) is 22.1 Å². The lowest BCUT2D eigenvalue weighted by molar-refractivity contribution is -0.274. The molecule has 0 amide bonds. The molecule has 2 N–H and O–H groups in total. The van der Waals surface area contributed by atoms with E-state index in [4.69, 9.17) is 8.83 Å². The number of alkyl halides is 3. The molecule has 0 aliphatic rings. The van der Waals surface area contributed by atoms with Crippen LogP contribution in [0, 0.1) is 6.92 Å². The summed E-state index contributed by atoms with van der Waals surface area (Å²) in [5, 5.41) is 13.9. The molecule has 0 saturated heterocycles. The monoisotopic (exact) mass is 391 g/mol. The Morgan fingerprint density at radius 2 is 1.86 bits per heavy atom. The van der Waals surface area contributed by atoms with Crippen molar-refractivity contribution < 1.29 is 27.1 Å². The Bertz CT molecular complexity index is 1140. The summed E-state index contributed by atoms with van der Waals surface area (Å²) in [6, 6.07) is 9.75. The molecule has 3 aromatic heterocycles. The number of nitrogens with one attached hydrogen (secondary N) is 1. The van der Waals surface area contributed by atoms with Gasteiger partial charge >= 0.3 is 6.18 Å². The van der Waals surface area contributed by atoms with Crippen molar-refractivity contribution in [2.75, 3.05) is 11.9 Å². The van der Waals surface area contributed by atoms with E-state index in [1.54, 1.807) is 12.1 Å². The fraction of sp³-hybridized carbons (Fsp3) is 0.263. The summed E-state index contributed by atoms with van der Waals surface area (Å²) < 4.78 is 51.4. The summed E-state index contributed by atoms with van der Waals surface area (Å²) in [7, 11) is 0. The zero-order valence-corrected chi connectivity index (χ0v) is 14.7. The van der Waals surface area contributed by atoms with E-state index in [1.165, 1.54) is 19.3 Å². The van der Waals surface area contributed by atoms with E-state index in [0.29, 0.717) is 16.7 Å². The third kappa shape index (κ3) is 2.97. The Labute approximate surface area is 157 Å². The number of hydrogen-bond donors (Lipinski definition) is 2. The van der Waals surface area contributed by atoms with Gasteiger partial charge in [-0.15, -0.1) is 0 Å². The molecule has 4 aromatic rings. The topological polar surface area (TPSA) is 84.3 Å². The van der Waals surface area contributed by atoms with Crippen LogP contribution in [0.15, 0.2) is 51.6 Å². The highest BCUT2D eigenvalue weighted by Gasteiger charge is 2.56. The van der Waals surface area contributed by atoms with Gasteiger partial charge in [0.25, 0.3) is 0 Å². The normalized spacial score (nSPS) is 14.5. The van der Waals surface area contributed by atoms with Crippen molar-refractivity contribution >= 4 is 27.9 Å². The van der Waals surface area contributed by atoms with Crippen LogP contribution >= 0.6 is 0 Å². The first-order chi connectivity index (χ1) is 13.3. The molecule has 146 valence electrons. The van der Waals surface area contributed by atoms with Gasteiger partial charge in [0, 0.05) is 18.4 Å². The number of para-hydroxylation sites is 1. The molecule has 28 heavy (non-hydrogen) atoms. The van der Waals surface area contributed by atoms with Crippen molar-refractivity contribution in [2.24, 2.45) is 0 Å². The smallest absolute Gasteiger partial charge is 0.424 e. The number of aliphatic hydroxyl groups is 1. The van der Waals surface area contributed by atoms with Crippen molar-refractivity contribution in [3.05, 3.63) is 54.2 Å². The average Bonchev–Trinajstić information content (AvgIpc) is 3.25. The van der Waals surface area contributed by atoms with Crippen LogP contribution in [0.4, 0.5) is 19.0 Å². The van der Waals surface area contributed by atoms with E-state index < -0.39 is 24.0 Å². The van der Waals surface area contributed by atoms with E-state index in [-0.39, 0.29) is 18.1 Å². The molecule has 4 rings (SSSR count). The maximum Gasteiger partial charge on any atom is 0.424 e. The van der Waals surface area contributed by atoms with Crippen LogP contribution in [-0.4, -0.2) is 27.8 Å². The summed E-state index contributed by atoms with van der Waals surface area (Å²) >= 11 is 0. The van der Waals surface area contributed by atoms with Crippen LogP contribution in [-0.2, 0) is 5.60 Å². The quantitative estimate of drug-likeness (QED) is 0.520. The van der Waals surface area contributed by atoms with Crippen molar-refractivity contribution in [1.29, 1.82) is 0 Å². The molecule has 1 atom stereocenters. The van der Waals surface area contributed by atoms with Gasteiger partial charge in [-0.1, -0.05) is 12.1 Å². The molecular formula is C19H16F3N3O3. The van der Waals surface area contributed by atoms with Crippen LogP contribution in [0.5, 0.6) is 0 Å². The van der Waals surface area contributed by atoms with Gasteiger partial charge in [0.1, 0.15) is 28.9 Å². The second kappa shape index (κ2) is 6.52. The highest BCUT2D eigenvalue weighted by atomic mass is 19.4. The Morgan fingerprint density at radius 1 is 1.07 bits per heavy atom. The molecule has 0 aliphatic heterocycles. The van der Waals surface area contributed by atoms with E-state index in [0.717, 1.165) is 11.5 Å². The predicted molar refractivity (Wildman–Crippen MR) is 95.8 cm³/mol.